The molecule has 11 aromatic rings. The van der Waals surface area contributed by atoms with Crippen molar-refractivity contribution in [1.82, 2.24) is 0 Å². The van der Waals surface area contributed by atoms with Crippen LogP contribution >= 0.6 is 22.7 Å². The van der Waals surface area contributed by atoms with Crippen LogP contribution in [0.15, 0.2) is 218 Å². The second kappa shape index (κ2) is 13.2. The zero-order valence-electron chi connectivity index (χ0n) is 38.1. The van der Waals surface area contributed by atoms with E-state index in [1.807, 2.05) is 0 Å². The Labute approximate surface area is 415 Å². The van der Waals surface area contributed by atoms with Crippen LogP contribution in [0.1, 0.15) is 48.7 Å². The summed E-state index contributed by atoms with van der Waals surface area (Å²) in [7, 11) is 0. The summed E-state index contributed by atoms with van der Waals surface area (Å²) >= 11 is 4.16. The van der Waals surface area contributed by atoms with E-state index in [2.05, 4.69) is 258 Å². The standard InChI is InChI=1S/C65H39BN2S2/c1-38-36-53-57-54(37-38)68(40-22-6-3-7-23-40)59-56-46-29-13-19-35-52(46)65(49-32-16-10-26-43(49)44-27-11-17-33-50(44)65)61(56)70-63(59)66(57)62-58(67(53)39-20-4-2-5-21-39)55-45-28-12-18-34-51(45)64(60(55)69-62)47-30-14-8-24-41(47)42-25-9-15-31-48(42)64/h2-37H,1H3. The number of aryl methyl sites for hydroxylation is 1. The number of fused-ring (bicyclic) bond motifs is 26. The molecule has 0 N–H and O–H groups in total. The third-order valence-corrected chi connectivity index (χ3v) is 19.4. The lowest BCUT2D eigenvalue weighted by molar-refractivity contribution is 0.811. The summed E-state index contributed by atoms with van der Waals surface area (Å²) in [5.41, 5.74) is 28.3. The first kappa shape index (κ1) is 38.0. The van der Waals surface area contributed by atoms with E-state index in [4.69, 9.17) is 0 Å². The molecule has 2 nitrogen and oxygen atoms in total. The number of para-hydroxylation sites is 2. The lowest BCUT2D eigenvalue weighted by Gasteiger charge is -2.43. The summed E-state index contributed by atoms with van der Waals surface area (Å²) in [6.45, 7) is 2.28. The minimum absolute atomic E-state index is 0.0195. The van der Waals surface area contributed by atoms with Crippen molar-refractivity contribution in [2.45, 2.75) is 17.8 Å². The molecule has 0 unspecified atom stereocenters. The zero-order valence-corrected chi connectivity index (χ0v) is 39.7. The SMILES string of the molecule is Cc1cc2c3c(c1)N(c1ccccc1)c1c(sc4c1-c1ccccc1C41c4ccccc4-c4ccccc41)B3c1sc3c(c1N2c1ccccc1)-c1ccccc1C31c2ccccc2-c2ccccc21. The fourth-order valence-electron chi connectivity index (χ4n) is 14.3. The highest BCUT2D eigenvalue weighted by Crippen LogP contribution is 2.69. The first-order chi connectivity index (χ1) is 34.7. The fraction of sp³-hybridized carbons (Fsp3) is 0.0462. The molecule has 5 heteroatoms. The number of hydrogen-bond donors (Lipinski definition) is 0. The van der Waals surface area contributed by atoms with Gasteiger partial charge in [-0.25, -0.2) is 0 Å². The van der Waals surface area contributed by atoms with Crippen LogP contribution in [0.25, 0.3) is 44.5 Å². The highest BCUT2D eigenvalue weighted by molar-refractivity contribution is 7.37. The van der Waals surface area contributed by atoms with Crippen LogP contribution in [0.2, 0.25) is 0 Å². The van der Waals surface area contributed by atoms with Gasteiger partial charge in [0.1, 0.15) is 0 Å². The monoisotopic (exact) mass is 922 g/mol. The van der Waals surface area contributed by atoms with E-state index in [9.17, 15) is 0 Å². The van der Waals surface area contributed by atoms with Crippen molar-refractivity contribution in [1.29, 1.82) is 0 Å². The van der Waals surface area contributed by atoms with Gasteiger partial charge in [0, 0.05) is 53.2 Å². The molecule has 2 aromatic heterocycles. The normalized spacial score (nSPS) is 15.4. The molecule has 0 bridgehead atoms. The van der Waals surface area contributed by atoms with Gasteiger partial charge < -0.3 is 9.80 Å². The Morgan fingerprint density at radius 2 is 0.657 bits per heavy atom. The average molecular weight is 923 g/mol. The molecule has 0 saturated heterocycles. The molecule has 9 aromatic carbocycles. The smallest absolute Gasteiger partial charge is 0.277 e. The zero-order chi connectivity index (χ0) is 45.6. The first-order valence-electron chi connectivity index (χ1n) is 24.5. The second-order valence-corrected chi connectivity index (χ2v) is 21.9. The molecule has 70 heavy (non-hydrogen) atoms. The molecule has 0 amide bonds. The predicted molar refractivity (Wildman–Crippen MR) is 294 cm³/mol. The Hall–Kier alpha value is -7.96. The molecule has 4 heterocycles. The Balaban J connectivity index is 1.05. The summed E-state index contributed by atoms with van der Waals surface area (Å²) in [4.78, 5) is 8.18. The van der Waals surface area contributed by atoms with Gasteiger partial charge in [0.05, 0.1) is 22.2 Å². The van der Waals surface area contributed by atoms with Gasteiger partial charge in [-0.15, -0.1) is 22.7 Å². The quantitative estimate of drug-likeness (QED) is 0.159. The van der Waals surface area contributed by atoms with Gasteiger partial charge in [-0.1, -0.05) is 182 Å². The van der Waals surface area contributed by atoms with E-state index in [0.717, 1.165) is 0 Å². The number of benzene rings is 9. The van der Waals surface area contributed by atoms with Crippen LogP contribution in [0.3, 0.4) is 0 Å². The number of nitrogens with zero attached hydrogens (tertiary/aromatic N) is 2. The van der Waals surface area contributed by atoms with Crippen LogP contribution in [0, 0.1) is 6.92 Å². The minimum atomic E-state index is -0.459. The number of rotatable bonds is 2. The molecule has 0 saturated carbocycles. The van der Waals surface area contributed by atoms with Crippen LogP contribution in [0.5, 0.6) is 0 Å². The topological polar surface area (TPSA) is 6.48 Å². The molecule has 17 rings (SSSR count). The van der Waals surface area contributed by atoms with Crippen molar-refractivity contribution >= 4 is 78.5 Å². The highest BCUT2D eigenvalue weighted by Gasteiger charge is 2.60. The summed E-state index contributed by atoms with van der Waals surface area (Å²) in [6, 6.07) is 83.1. The maximum Gasteiger partial charge on any atom is 0.277 e. The van der Waals surface area contributed by atoms with Gasteiger partial charge in [-0.3, -0.25) is 0 Å². The van der Waals surface area contributed by atoms with E-state index in [1.165, 1.54) is 142 Å². The largest absolute Gasteiger partial charge is 0.310 e. The van der Waals surface area contributed by atoms with E-state index < -0.39 is 10.8 Å². The average Bonchev–Trinajstić information content (AvgIpc) is 4.25. The van der Waals surface area contributed by atoms with Crippen molar-refractivity contribution < 1.29 is 0 Å². The van der Waals surface area contributed by atoms with E-state index in [-0.39, 0.29) is 6.71 Å². The van der Waals surface area contributed by atoms with E-state index >= 15 is 0 Å². The number of thiophene rings is 2. The first-order valence-corrected chi connectivity index (χ1v) is 26.1. The maximum absolute atomic E-state index is 2.66. The minimum Gasteiger partial charge on any atom is -0.310 e. The van der Waals surface area contributed by atoms with Crippen molar-refractivity contribution in [2.24, 2.45) is 0 Å². The molecule has 4 aliphatic carbocycles. The van der Waals surface area contributed by atoms with Crippen LogP contribution < -0.4 is 24.8 Å². The summed E-state index contributed by atoms with van der Waals surface area (Å²) < 4.78 is 2.84. The molecule has 6 aliphatic rings. The van der Waals surface area contributed by atoms with Gasteiger partial charge in [0.15, 0.2) is 0 Å². The van der Waals surface area contributed by atoms with Gasteiger partial charge >= 0.3 is 0 Å². The maximum atomic E-state index is 2.66. The van der Waals surface area contributed by atoms with Gasteiger partial charge in [0.25, 0.3) is 6.71 Å². The second-order valence-electron chi connectivity index (χ2n) is 19.8. The highest BCUT2D eigenvalue weighted by atomic mass is 32.1. The summed E-state index contributed by atoms with van der Waals surface area (Å²) in [5, 5.41) is 0. The third-order valence-electron chi connectivity index (χ3n) is 16.7. The Morgan fingerprint density at radius 1 is 0.357 bits per heavy atom. The Bertz CT molecular complexity index is 3770. The van der Waals surface area contributed by atoms with Crippen LogP contribution in [0.4, 0.5) is 34.1 Å². The predicted octanol–water partition coefficient (Wildman–Crippen LogP) is 14.9. The van der Waals surface area contributed by atoms with Crippen LogP contribution in [-0.4, -0.2) is 6.71 Å². The molecular formula is C65H39BN2S2. The fourth-order valence-corrected chi connectivity index (χ4v) is 17.7. The molecule has 2 aliphatic heterocycles. The lowest BCUT2D eigenvalue weighted by Crippen LogP contribution is -2.59. The number of anilines is 6. The van der Waals surface area contributed by atoms with Gasteiger partial charge in [-0.2, -0.15) is 0 Å². The van der Waals surface area contributed by atoms with Crippen molar-refractivity contribution in [3.05, 3.63) is 267 Å². The van der Waals surface area contributed by atoms with E-state index in [0.29, 0.717) is 0 Å². The molecule has 0 atom stereocenters. The number of hydrogen-bond acceptors (Lipinski definition) is 4. The molecule has 2 spiro atoms. The molecule has 0 fully saturated rings. The Morgan fingerprint density at radius 3 is 1.01 bits per heavy atom. The van der Waals surface area contributed by atoms with E-state index in [1.54, 1.807) is 0 Å². The Kier molecular flexibility index (Phi) is 7.17. The van der Waals surface area contributed by atoms with Crippen molar-refractivity contribution in [3.8, 4) is 44.5 Å². The molecule has 0 radical (unpaired) electrons. The summed E-state index contributed by atoms with van der Waals surface area (Å²) in [6.07, 6.45) is 0. The van der Waals surface area contributed by atoms with Crippen molar-refractivity contribution in [3.63, 3.8) is 0 Å². The van der Waals surface area contributed by atoms with Crippen molar-refractivity contribution in [2.75, 3.05) is 9.80 Å². The third kappa shape index (κ3) is 4.25. The van der Waals surface area contributed by atoms with Gasteiger partial charge in [-0.05, 0) is 121 Å². The van der Waals surface area contributed by atoms with Gasteiger partial charge in [0.2, 0.25) is 0 Å². The van der Waals surface area contributed by atoms with Crippen LogP contribution in [-0.2, 0) is 10.8 Å². The molecule has 324 valence electrons. The summed E-state index contributed by atoms with van der Waals surface area (Å²) in [5.74, 6) is 0. The lowest BCUT2D eigenvalue weighted by atomic mass is 9.39. The molecular weight excluding hydrogens is 884 g/mol.